The Morgan fingerprint density at radius 2 is 1.67 bits per heavy atom. The molecule has 0 spiro atoms. The third-order valence-corrected chi connectivity index (χ3v) is 6.29. The van der Waals surface area contributed by atoms with E-state index in [4.69, 9.17) is 14.2 Å². The van der Waals surface area contributed by atoms with E-state index >= 15 is 0 Å². The number of nitrogens with zero attached hydrogens (tertiary/aromatic N) is 3. The van der Waals surface area contributed by atoms with Crippen LogP contribution in [0.4, 0.5) is 5.69 Å². The van der Waals surface area contributed by atoms with Crippen LogP contribution >= 0.6 is 11.8 Å². The van der Waals surface area contributed by atoms with Crippen molar-refractivity contribution in [3.8, 4) is 34.3 Å². The lowest BCUT2D eigenvalue weighted by Crippen LogP contribution is -2.15. The molecular weight excluding hydrogens is 476 g/mol. The number of methoxy groups -OCH3 is 2. The van der Waals surface area contributed by atoms with Crippen LogP contribution in [0, 0.1) is 6.92 Å². The fourth-order valence-electron chi connectivity index (χ4n) is 3.56. The first-order valence-electron chi connectivity index (χ1n) is 11.4. The predicted octanol–water partition coefficient (Wildman–Crippen LogP) is 5.39. The summed E-state index contributed by atoms with van der Waals surface area (Å²) in [4.78, 5) is 12.8. The zero-order chi connectivity index (χ0) is 25.5. The second-order valence-corrected chi connectivity index (χ2v) is 8.78. The third-order valence-electron chi connectivity index (χ3n) is 5.36. The van der Waals surface area contributed by atoms with Gasteiger partial charge in [0.15, 0.2) is 11.0 Å². The third kappa shape index (κ3) is 5.80. The summed E-state index contributed by atoms with van der Waals surface area (Å²) in [6.45, 7) is 4.58. The smallest absolute Gasteiger partial charge is 0.234 e. The number of nitrogens with one attached hydrogen (secondary N) is 1. The standard InChI is InChI=1S/C27H28N4O4S/c1-5-35-21-12-10-20(11-13-21)31-26(19-8-6-18(2)7-9-19)29-30-27(31)36-17-25(32)28-23-15-14-22(33-3)16-24(23)34-4/h6-16H,5,17H2,1-4H3,(H,28,32). The maximum absolute atomic E-state index is 12.8. The van der Waals surface area contributed by atoms with Crippen molar-refractivity contribution in [3.05, 3.63) is 72.3 Å². The Balaban J connectivity index is 1.58. The van der Waals surface area contributed by atoms with Crippen molar-refractivity contribution in [3.63, 3.8) is 0 Å². The number of carbonyl (C=O) groups is 1. The minimum atomic E-state index is -0.193. The topological polar surface area (TPSA) is 87.5 Å². The number of ether oxygens (including phenoxy) is 3. The van der Waals surface area contributed by atoms with Gasteiger partial charge in [-0.2, -0.15) is 0 Å². The number of hydrogen-bond donors (Lipinski definition) is 1. The molecular formula is C27H28N4O4S. The van der Waals surface area contributed by atoms with Gasteiger partial charge in [0.2, 0.25) is 5.91 Å². The molecule has 0 aliphatic heterocycles. The first-order valence-corrected chi connectivity index (χ1v) is 12.4. The quantitative estimate of drug-likeness (QED) is 0.290. The predicted molar refractivity (Wildman–Crippen MR) is 142 cm³/mol. The number of anilines is 1. The van der Waals surface area contributed by atoms with Crippen LogP contribution in [0.15, 0.2) is 71.9 Å². The van der Waals surface area contributed by atoms with Crippen molar-refractivity contribution in [1.29, 1.82) is 0 Å². The zero-order valence-corrected chi connectivity index (χ0v) is 21.5. The molecule has 1 heterocycles. The Morgan fingerprint density at radius 1 is 0.944 bits per heavy atom. The molecule has 0 unspecified atom stereocenters. The monoisotopic (exact) mass is 504 g/mol. The number of hydrogen-bond acceptors (Lipinski definition) is 7. The average Bonchev–Trinajstić information content (AvgIpc) is 3.32. The first kappa shape index (κ1) is 25.1. The molecule has 8 nitrogen and oxygen atoms in total. The van der Waals surface area contributed by atoms with Gasteiger partial charge in [0, 0.05) is 17.3 Å². The van der Waals surface area contributed by atoms with Crippen molar-refractivity contribution >= 4 is 23.4 Å². The van der Waals surface area contributed by atoms with Gasteiger partial charge in [-0.15, -0.1) is 10.2 Å². The normalized spacial score (nSPS) is 10.7. The molecule has 1 aromatic heterocycles. The molecule has 36 heavy (non-hydrogen) atoms. The summed E-state index contributed by atoms with van der Waals surface area (Å²) in [5.41, 5.74) is 3.53. The summed E-state index contributed by atoms with van der Waals surface area (Å²) in [5.74, 6) is 2.59. The Morgan fingerprint density at radius 3 is 2.33 bits per heavy atom. The summed E-state index contributed by atoms with van der Waals surface area (Å²) < 4.78 is 18.1. The van der Waals surface area contributed by atoms with E-state index in [1.54, 1.807) is 32.4 Å². The molecule has 186 valence electrons. The number of aromatic nitrogens is 3. The molecule has 3 aromatic carbocycles. The SMILES string of the molecule is CCOc1ccc(-n2c(SCC(=O)Nc3ccc(OC)cc3OC)nnc2-c2ccc(C)cc2)cc1. The summed E-state index contributed by atoms with van der Waals surface area (Å²) in [6, 6.07) is 21.1. The highest BCUT2D eigenvalue weighted by Crippen LogP contribution is 2.31. The average molecular weight is 505 g/mol. The first-order chi connectivity index (χ1) is 17.5. The van der Waals surface area contributed by atoms with E-state index < -0.39 is 0 Å². The molecule has 0 bridgehead atoms. The van der Waals surface area contributed by atoms with Gasteiger partial charge < -0.3 is 19.5 Å². The van der Waals surface area contributed by atoms with Gasteiger partial charge in [0.05, 0.1) is 32.3 Å². The lowest BCUT2D eigenvalue weighted by Gasteiger charge is -2.13. The van der Waals surface area contributed by atoms with Crippen LogP contribution in [0.1, 0.15) is 12.5 Å². The van der Waals surface area contributed by atoms with Crippen LogP contribution in [0.5, 0.6) is 17.2 Å². The fourth-order valence-corrected chi connectivity index (χ4v) is 4.31. The molecule has 4 aromatic rings. The van der Waals surface area contributed by atoms with Crippen molar-refractivity contribution in [1.82, 2.24) is 14.8 Å². The van der Waals surface area contributed by atoms with Crippen LogP contribution in [0.2, 0.25) is 0 Å². The second-order valence-electron chi connectivity index (χ2n) is 7.84. The Bertz CT molecular complexity index is 1320. The van der Waals surface area contributed by atoms with E-state index in [0.29, 0.717) is 34.8 Å². The van der Waals surface area contributed by atoms with Gasteiger partial charge in [-0.1, -0.05) is 41.6 Å². The number of rotatable bonds is 10. The molecule has 1 N–H and O–H groups in total. The number of aryl methyl sites for hydroxylation is 1. The van der Waals surface area contributed by atoms with Crippen molar-refractivity contribution in [2.45, 2.75) is 19.0 Å². The lowest BCUT2D eigenvalue weighted by atomic mass is 10.1. The molecule has 0 radical (unpaired) electrons. The minimum Gasteiger partial charge on any atom is -0.497 e. The fraction of sp³-hybridized carbons (Fsp3) is 0.222. The van der Waals surface area contributed by atoms with E-state index in [1.165, 1.54) is 11.8 Å². The number of amides is 1. The minimum absolute atomic E-state index is 0.137. The molecule has 9 heteroatoms. The summed E-state index contributed by atoms with van der Waals surface area (Å²) in [6.07, 6.45) is 0. The van der Waals surface area contributed by atoms with Gasteiger partial charge in [-0.3, -0.25) is 9.36 Å². The lowest BCUT2D eigenvalue weighted by molar-refractivity contribution is -0.113. The molecule has 1 amide bonds. The van der Waals surface area contributed by atoms with E-state index in [-0.39, 0.29) is 11.7 Å². The van der Waals surface area contributed by atoms with Crippen molar-refractivity contribution in [2.75, 3.05) is 31.9 Å². The van der Waals surface area contributed by atoms with Crippen molar-refractivity contribution in [2.24, 2.45) is 0 Å². The van der Waals surface area contributed by atoms with Gasteiger partial charge in [0.25, 0.3) is 0 Å². The van der Waals surface area contributed by atoms with Crippen LogP contribution in [0.25, 0.3) is 17.1 Å². The molecule has 4 rings (SSSR count). The van der Waals surface area contributed by atoms with Crippen molar-refractivity contribution < 1.29 is 19.0 Å². The molecule has 0 aliphatic carbocycles. The number of benzene rings is 3. The molecule has 0 saturated carbocycles. The molecule has 0 aliphatic rings. The van der Waals surface area contributed by atoms with Crippen LogP contribution < -0.4 is 19.5 Å². The van der Waals surface area contributed by atoms with Crippen LogP contribution in [0.3, 0.4) is 0 Å². The maximum Gasteiger partial charge on any atom is 0.234 e. The second kappa shape index (κ2) is 11.6. The molecule has 0 fully saturated rings. The Hall–Kier alpha value is -3.98. The van der Waals surface area contributed by atoms with E-state index in [1.807, 2.05) is 66.9 Å². The van der Waals surface area contributed by atoms with Gasteiger partial charge in [-0.25, -0.2) is 0 Å². The highest BCUT2D eigenvalue weighted by molar-refractivity contribution is 7.99. The summed E-state index contributed by atoms with van der Waals surface area (Å²) in [7, 11) is 3.13. The van der Waals surface area contributed by atoms with Crippen LogP contribution in [-0.2, 0) is 4.79 Å². The van der Waals surface area contributed by atoms with Crippen LogP contribution in [-0.4, -0.2) is 47.3 Å². The number of thioether (sulfide) groups is 1. The Labute approximate surface area is 214 Å². The van der Waals surface area contributed by atoms with E-state index in [0.717, 1.165) is 22.6 Å². The largest absolute Gasteiger partial charge is 0.497 e. The highest BCUT2D eigenvalue weighted by Gasteiger charge is 2.18. The van der Waals surface area contributed by atoms with E-state index in [2.05, 4.69) is 15.5 Å². The molecule has 0 atom stereocenters. The van der Waals surface area contributed by atoms with E-state index in [9.17, 15) is 4.79 Å². The summed E-state index contributed by atoms with van der Waals surface area (Å²) in [5, 5.41) is 12.4. The summed E-state index contributed by atoms with van der Waals surface area (Å²) >= 11 is 1.30. The van der Waals surface area contributed by atoms with Gasteiger partial charge in [-0.05, 0) is 50.2 Å². The zero-order valence-electron chi connectivity index (χ0n) is 20.6. The maximum atomic E-state index is 12.8. The van der Waals surface area contributed by atoms with Gasteiger partial charge in [0.1, 0.15) is 17.2 Å². The molecule has 0 saturated heterocycles. The Kier molecular flexibility index (Phi) is 8.12. The highest BCUT2D eigenvalue weighted by atomic mass is 32.2. The number of carbonyl (C=O) groups excluding carboxylic acids is 1. The van der Waals surface area contributed by atoms with Gasteiger partial charge >= 0.3 is 0 Å².